The summed E-state index contributed by atoms with van der Waals surface area (Å²) in [6.07, 6.45) is 15.0. The van der Waals surface area contributed by atoms with E-state index in [0.29, 0.717) is 48.4 Å². The standard InChI is InChI=1S/C41H47F2N5O5/c1-5-29-32(42)10-9-26-18-28(49)19-30(34(26)29)36-35(43)37-31(20-44-36)38(47-14-15-51-22-40(4,50)21-47)46-39(45-37)52-23-41-11-6-8-33(41)48(13-7-12-41)27-16-24(2)53-25(3)17-27/h1,9-10,18-20,24-25,27,33,49-50H,6-8,11-17,21-23H2,2-4H3/t24-,25+,27?,33-,40+,41-/m1/s1. The highest BCUT2D eigenvalue weighted by molar-refractivity contribution is 6.03. The van der Waals surface area contributed by atoms with Gasteiger partial charge in [0.15, 0.2) is 5.82 Å². The lowest BCUT2D eigenvalue weighted by Crippen LogP contribution is -2.57. The number of anilines is 1. The SMILES string of the molecule is C#Cc1c(F)ccc2cc(O)cc(-c3ncc4c(N5CCOC[C@@](C)(O)C5)nc(OC[C@]56CCC[C@H]5N(C5C[C@@H](C)O[C@@H](C)C5)CCC6)nc4c3F)c12. The number of likely N-dealkylation sites (tertiary alicyclic amines) is 1. The summed E-state index contributed by atoms with van der Waals surface area (Å²) in [7, 11) is 0. The van der Waals surface area contributed by atoms with E-state index in [2.05, 4.69) is 34.6 Å². The largest absolute Gasteiger partial charge is 0.508 e. The van der Waals surface area contributed by atoms with Crippen molar-refractivity contribution >= 4 is 27.5 Å². The third-order valence-electron chi connectivity index (χ3n) is 11.8. The molecule has 0 amide bonds. The molecule has 8 rings (SSSR count). The summed E-state index contributed by atoms with van der Waals surface area (Å²) < 4.78 is 50.4. The van der Waals surface area contributed by atoms with Crippen LogP contribution in [0, 0.1) is 29.4 Å². The highest BCUT2D eigenvalue weighted by atomic mass is 19.1. The lowest BCUT2D eigenvalue weighted by atomic mass is 9.74. The zero-order chi connectivity index (χ0) is 37.1. The Morgan fingerprint density at radius 3 is 2.68 bits per heavy atom. The normalized spacial score (nSPS) is 29.6. The topological polar surface area (TPSA) is 113 Å². The van der Waals surface area contributed by atoms with Gasteiger partial charge in [-0.25, -0.2) is 8.78 Å². The number of hydrogen-bond donors (Lipinski definition) is 2. The second-order valence-electron chi connectivity index (χ2n) is 15.9. The molecule has 2 aromatic carbocycles. The Morgan fingerprint density at radius 2 is 1.89 bits per heavy atom. The fourth-order valence-corrected chi connectivity index (χ4v) is 9.68. The molecule has 3 aliphatic heterocycles. The van der Waals surface area contributed by atoms with Crippen molar-refractivity contribution in [2.24, 2.45) is 5.41 Å². The van der Waals surface area contributed by atoms with Crippen molar-refractivity contribution in [3.05, 3.63) is 47.7 Å². The van der Waals surface area contributed by atoms with Gasteiger partial charge in [-0.1, -0.05) is 18.4 Å². The molecule has 53 heavy (non-hydrogen) atoms. The number of phenolic OH excluding ortho intramolecular Hbond substituents is 1. The second kappa shape index (κ2) is 13.9. The number of fused-ring (bicyclic) bond motifs is 3. The molecule has 1 unspecified atom stereocenters. The number of rotatable bonds is 6. The Hall–Kier alpha value is -4.15. The van der Waals surface area contributed by atoms with E-state index >= 15 is 4.39 Å². The van der Waals surface area contributed by atoms with Crippen LogP contribution in [-0.4, -0.2) is 99.4 Å². The first-order valence-corrected chi connectivity index (χ1v) is 18.8. The average molecular weight is 728 g/mol. The number of phenols is 1. The van der Waals surface area contributed by atoms with Crippen LogP contribution in [0.25, 0.3) is 32.9 Å². The van der Waals surface area contributed by atoms with Gasteiger partial charge < -0.3 is 29.3 Å². The van der Waals surface area contributed by atoms with Crippen molar-refractivity contribution in [1.82, 2.24) is 19.9 Å². The minimum atomic E-state index is -1.20. The van der Waals surface area contributed by atoms with Crippen LogP contribution >= 0.6 is 0 Å². The second-order valence-corrected chi connectivity index (χ2v) is 15.9. The summed E-state index contributed by atoms with van der Waals surface area (Å²) in [6.45, 7) is 8.47. The van der Waals surface area contributed by atoms with Gasteiger partial charge in [0.25, 0.3) is 0 Å². The molecular weight excluding hydrogens is 680 g/mol. The van der Waals surface area contributed by atoms with Crippen LogP contribution in [0.3, 0.4) is 0 Å². The Balaban J connectivity index is 1.21. The number of aromatic nitrogens is 3. The molecule has 280 valence electrons. The maximum absolute atomic E-state index is 17.1. The summed E-state index contributed by atoms with van der Waals surface area (Å²) in [6, 6.07) is 6.32. The average Bonchev–Trinajstić information content (AvgIpc) is 3.47. The molecule has 4 aromatic rings. The van der Waals surface area contributed by atoms with E-state index in [4.69, 9.17) is 25.6 Å². The van der Waals surface area contributed by atoms with Crippen LogP contribution in [0.15, 0.2) is 30.5 Å². The number of terminal acetylenes is 1. The van der Waals surface area contributed by atoms with Gasteiger partial charge in [0.1, 0.15) is 34.2 Å². The smallest absolute Gasteiger partial charge is 0.319 e. The molecule has 0 radical (unpaired) electrons. The summed E-state index contributed by atoms with van der Waals surface area (Å²) >= 11 is 0. The van der Waals surface area contributed by atoms with E-state index in [1.807, 2.05) is 4.90 Å². The van der Waals surface area contributed by atoms with Crippen LogP contribution in [-0.2, 0) is 9.47 Å². The van der Waals surface area contributed by atoms with Crippen molar-refractivity contribution in [2.75, 3.05) is 44.4 Å². The van der Waals surface area contributed by atoms with Crippen molar-refractivity contribution in [2.45, 2.75) is 95.6 Å². The first-order chi connectivity index (χ1) is 25.4. The van der Waals surface area contributed by atoms with Crippen molar-refractivity contribution < 1.29 is 33.2 Å². The quantitative estimate of drug-likeness (QED) is 0.218. The molecule has 12 heteroatoms. The van der Waals surface area contributed by atoms with E-state index < -0.39 is 17.2 Å². The molecule has 2 aromatic heterocycles. The molecule has 4 fully saturated rings. The molecule has 2 N–H and O–H groups in total. The monoisotopic (exact) mass is 727 g/mol. The number of piperidine rings is 1. The Morgan fingerprint density at radius 1 is 1.09 bits per heavy atom. The summed E-state index contributed by atoms with van der Waals surface area (Å²) in [5.41, 5.74) is -1.43. The van der Waals surface area contributed by atoms with E-state index in [1.165, 1.54) is 30.5 Å². The summed E-state index contributed by atoms with van der Waals surface area (Å²) in [4.78, 5) is 18.6. The Bertz CT molecular complexity index is 2080. The van der Waals surface area contributed by atoms with Gasteiger partial charge in [-0.2, -0.15) is 9.97 Å². The zero-order valence-electron chi connectivity index (χ0n) is 30.6. The molecule has 3 saturated heterocycles. The predicted molar refractivity (Wildman–Crippen MR) is 198 cm³/mol. The predicted octanol–water partition coefficient (Wildman–Crippen LogP) is 6.37. The van der Waals surface area contributed by atoms with Crippen molar-refractivity contribution in [3.8, 4) is 35.4 Å². The number of aliphatic hydroxyl groups is 1. The van der Waals surface area contributed by atoms with Crippen molar-refractivity contribution in [3.63, 3.8) is 0 Å². The first kappa shape index (κ1) is 35.9. The van der Waals surface area contributed by atoms with Gasteiger partial charge in [0.2, 0.25) is 0 Å². The van der Waals surface area contributed by atoms with Gasteiger partial charge >= 0.3 is 6.01 Å². The minimum Gasteiger partial charge on any atom is -0.508 e. The molecule has 1 aliphatic carbocycles. The molecule has 10 nitrogen and oxygen atoms in total. The van der Waals surface area contributed by atoms with Crippen molar-refractivity contribution in [1.29, 1.82) is 0 Å². The molecular formula is C41H47F2N5O5. The number of benzene rings is 2. The molecule has 4 aliphatic rings. The number of halogens is 2. The van der Waals surface area contributed by atoms with Gasteiger partial charge in [0.05, 0.1) is 49.5 Å². The maximum Gasteiger partial charge on any atom is 0.319 e. The van der Waals surface area contributed by atoms with Crippen LogP contribution in [0.5, 0.6) is 11.8 Å². The van der Waals surface area contributed by atoms with Gasteiger partial charge in [-0.05, 0) is 89.4 Å². The van der Waals surface area contributed by atoms with E-state index in [9.17, 15) is 14.6 Å². The molecule has 1 saturated carbocycles. The highest BCUT2D eigenvalue weighted by Gasteiger charge is 2.50. The number of β-amino-alcohol motifs (C(OH)–C–C–N with tert-alkyl or cyclic N) is 1. The summed E-state index contributed by atoms with van der Waals surface area (Å²) in [5.74, 6) is 1.16. The van der Waals surface area contributed by atoms with Gasteiger partial charge in [0, 0.05) is 41.2 Å². The third kappa shape index (κ3) is 6.67. The fraction of sp³-hybridized carbons (Fsp3) is 0.537. The Kier molecular flexibility index (Phi) is 9.42. The number of pyridine rings is 1. The number of nitrogens with zero attached hydrogens (tertiary/aromatic N) is 5. The first-order valence-electron chi connectivity index (χ1n) is 18.8. The minimum absolute atomic E-state index is 0.0231. The maximum atomic E-state index is 17.1. The van der Waals surface area contributed by atoms with Gasteiger partial charge in [-0.3, -0.25) is 9.88 Å². The van der Waals surface area contributed by atoms with Crippen LogP contribution < -0.4 is 9.64 Å². The summed E-state index contributed by atoms with van der Waals surface area (Å²) in [5, 5.41) is 22.7. The van der Waals surface area contributed by atoms with E-state index in [0.717, 1.165) is 51.5 Å². The van der Waals surface area contributed by atoms with Crippen LogP contribution in [0.2, 0.25) is 0 Å². The van der Waals surface area contributed by atoms with Crippen LogP contribution in [0.1, 0.15) is 71.3 Å². The fourth-order valence-electron chi connectivity index (χ4n) is 9.68. The molecule has 5 heterocycles. The Labute approximate surface area is 308 Å². The highest BCUT2D eigenvalue weighted by Crippen LogP contribution is 2.50. The van der Waals surface area contributed by atoms with Crippen LogP contribution in [0.4, 0.5) is 14.6 Å². The third-order valence-corrected chi connectivity index (χ3v) is 11.8. The van der Waals surface area contributed by atoms with E-state index in [1.54, 1.807) is 6.92 Å². The molecule has 0 spiro atoms. The number of ether oxygens (including phenoxy) is 3. The molecule has 0 bridgehead atoms. The lowest BCUT2D eigenvalue weighted by molar-refractivity contribution is -0.0967. The zero-order valence-corrected chi connectivity index (χ0v) is 30.6. The van der Waals surface area contributed by atoms with E-state index in [-0.39, 0.29) is 70.3 Å². The number of aromatic hydroxyl groups is 1. The lowest BCUT2D eigenvalue weighted by Gasteiger charge is -2.51. The van der Waals surface area contributed by atoms with Gasteiger partial charge in [-0.15, -0.1) is 6.42 Å². The molecule has 6 atom stereocenters. The number of hydrogen-bond acceptors (Lipinski definition) is 10.